The van der Waals surface area contributed by atoms with Gasteiger partial charge >= 0.3 is 0 Å². The summed E-state index contributed by atoms with van der Waals surface area (Å²) in [6.07, 6.45) is 9.25. The highest BCUT2D eigenvalue weighted by atomic mass is 16.5. The highest BCUT2D eigenvalue weighted by molar-refractivity contribution is 5.18. The lowest BCUT2D eigenvalue weighted by Gasteiger charge is -2.36. The molecule has 0 radical (unpaired) electrons. The molecule has 0 amide bonds. The highest BCUT2D eigenvalue weighted by Gasteiger charge is 2.30. The lowest BCUT2D eigenvalue weighted by molar-refractivity contribution is 0.0283. The second kappa shape index (κ2) is 2.96. The maximum atomic E-state index is 5.77. The van der Waals surface area contributed by atoms with E-state index in [1.807, 2.05) is 0 Å². The molecule has 0 saturated carbocycles. The van der Waals surface area contributed by atoms with Gasteiger partial charge in [-0.05, 0) is 31.8 Å². The Labute approximate surface area is 74.1 Å². The van der Waals surface area contributed by atoms with E-state index in [1.54, 1.807) is 0 Å². The van der Waals surface area contributed by atoms with Crippen molar-refractivity contribution in [2.75, 3.05) is 0 Å². The molecule has 0 bridgehead atoms. The van der Waals surface area contributed by atoms with Gasteiger partial charge in [-0.15, -0.1) is 0 Å². The van der Waals surface area contributed by atoms with Crippen LogP contribution in [0.4, 0.5) is 0 Å². The van der Waals surface area contributed by atoms with Crippen molar-refractivity contribution < 1.29 is 4.74 Å². The molecule has 0 spiro atoms. The summed E-state index contributed by atoms with van der Waals surface area (Å²) < 4.78 is 5.77. The molecule has 1 nitrogen and oxygen atoms in total. The third-order valence-electron chi connectivity index (χ3n) is 2.88. The Bertz CT molecular complexity index is 227. The molecule has 3 unspecified atom stereocenters. The van der Waals surface area contributed by atoms with E-state index < -0.39 is 0 Å². The van der Waals surface area contributed by atoms with Crippen molar-refractivity contribution in [3.8, 4) is 0 Å². The molecule has 66 valence electrons. The normalized spacial score (nSPS) is 39.8. The molecular weight excluding hydrogens is 148 g/mol. The van der Waals surface area contributed by atoms with Gasteiger partial charge in [0.1, 0.15) is 0 Å². The van der Waals surface area contributed by atoms with E-state index in [9.17, 15) is 0 Å². The molecule has 12 heavy (non-hydrogen) atoms. The van der Waals surface area contributed by atoms with Crippen LogP contribution in [0.3, 0.4) is 0 Å². The largest absolute Gasteiger partial charge is 0.495 e. The van der Waals surface area contributed by atoms with E-state index in [4.69, 9.17) is 4.74 Å². The fraction of sp³-hybridized carbons (Fsp3) is 0.636. The monoisotopic (exact) mass is 164 g/mol. The molecule has 1 aliphatic carbocycles. The van der Waals surface area contributed by atoms with E-state index in [2.05, 4.69) is 32.1 Å². The Balaban J connectivity index is 2.18. The van der Waals surface area contributed by atoms with Crippen molar-refractivity contribution in [3.63, 3.8) is 0 Å². The Hall–Kier alpha value is -0.720. The Kier molecular flexibility index (Phi) is 1.95. The predicted molar refractivity (Wildman–Crippen MR) is 49.7 cm³/mol. The van der Waals surface area contributed by atoms with E-state index >= 15 is 0 Å². The van der Waals surface area contributed by atoms with Gasteiger partial charge in [-0.25, -0.2) is 0 Å². The van der Waals surface area contributed by atoms with Crippen LogP contribution in [0.15, 0.2) is 24.0 Å². The van der Waals surface area contributed by atoms with Gasteiger partial charge in [0.2, 0.25) is 0 Å². The second-order valence-electron chi connectivity index (χ2n) is 3.98. The Morgan fingerprint density at radius 1 is 1.42 bits per heavy atom. The zero-order chi connectivity index (χ0) is 8.55. The van der Waals surface area contributed by atoms with Gasteiger partial charge in [-0.1, -0.05) is 19.1 Å². The molecule has 0 aromatic heterocycles. The number of allylic oxidation sites excluding steroid dienone is 4. The van der Waals surface area contributed by atoms with Crippen molar-refractivity contribution in [1.82, 2.24) is 0 Å². The van der Waals surface area contributed by atoms with Crippen molar-refractivity contribution in [1.29, 1.82) is 0 Å². The molecular formula is C11H16O. The summed E-state index contributed by atoms with van der Waals surface area (Å²) in [6.45, 7) is 4.49. The lowest BCUT2D eigenvalue weighted by Crippen LogP contribution is -2.29. The van der Waals surface area contributed by atoms with Crippen molar-refractivity contribution >= 4 is 0 Å². The third kappa shape index (κ3) is 1.28. The first kappa shape index (κ1) is 7.90. The molecule has 1 fully saturated rings. The maximum Gasteiger partial charge on any atom is 0.1000 e. The number of fused-ring (bicyclic) bond motifs is 1. The van der Waals surface area contributed by atoms with Crippen LogP contribution in [0.2, 0.25) is 0 Å². The molecule has 2 rings (SSSR count). The van der Waals surface area contributed by atoms with Gasteiger partial charge < -0.3 is 4.74 Å². The predicted octanol–water partition coefficient (Wildman–Crippen LogP) is 2.89. The van der Waals surface area contributed by atoms with Crippen LogP contribution in [-0.4, -0.2) is 6.10 Å². The number of rotatable bonds is 0. The van der Waals surface area contributed by atoms with Crippen molar-refractivity contribution in [2.24, 2.45) is 11.8 Å². The minimum absolute atomic E-state index is 0.411. The fourth-order valence-corrected chi connectivity index (χ4v) is 2.24. The molecule has 0 aromatic carbocycles. The van der Waals surface area contributed by atoms with E-state index in [0.29, 0.717) is 12.0 Å². The average Bonchev–Trinajstić information content (AvgIpc) is 2.04. The molecule has 1 aliphatic heterocycles. The first-order valence-corrected chi connectivity index (χ1v) is 4.80. The Morgan fingerprint density at radius 3 is 3.08 bits per heavy atom. The molecule has 1 heterocycles. The standard InChI is InChI=1S/C11H16O/c1-8-7-9(2)12-11-6-4-3-5-10(8)11/h3-4,6,8-10H,5,7H2,1-2H3. The van der Waals surface area contributed by atoms with Crippen LogP contribution < -0.4 is 0 Å². The van der Waals surface area contributed by atoms with Gasteiger partial charge in [0.05, 0.1) is 11.9 Å². The zero-order valence-corrected chi connectivity index (χ0v) is 7.79. The molecule has 0 N–H and O–H groups in total. The summed E-state index contributed by atoms with van der Waals surface area (Å²) in [4.78, 5) is 0. The molecule has 2 aliphatic rings. The smallest absolute Gasteiger partial charge is 0.1000 e. The van der Waals surface area contributed by atoms with E-state index in [1.165, 1.54) is 18.6 Å². The fourth-order valence-electron chi connectivity index (χ4n) is 2.24. The summed E-state index contributed by atoms with van der Waals surface area (Å²) in [5.41, 5.74) is 0. The molecule has 1 saturated heterocycles. The SMILES string of the molecule is CC1CC(C)C2CC=CC=C2O1. The molecule has 1 heteroatoms. The minimum atomic E-state index is 0.411. The van der Waals surface area contributed by atoms with Gasteiger partial charge in [-0.3, -0.25) is 0 Å². The first-order chi connectivity index (χ1) is 5.77. The summed E-state index contributed by atoms with van der Waals surface area (Å²) in [5.74, 6) is 2.65. The zero-order valence-electron chi connectivity index (χ0n) is 7.79. The first-order valence-electron chi connectivity index (χ1n) is 4.80. The van der Waals surface area contributed by atoms with Crippen LogP contribution in [0.25, 0.3) is 0 Å². The van der Waals surface area contributed by atoms with Crippen LogP contribution >= 0.6 is 0 Å². The van der Waals surface area contributed by atoms with Crippen LogP contribution in [0, 0.1) is 11.8 Å². The number of hydrogen-bond acceptors (Lipinski definition) is 1. The van der Waals surface area contributed by atoms with Crippen LogP contribution in [-0.2, 0) is 4.74 Å². The van der Waals surface area contributed by atoms with Gasteiger partial charge in [-0.2, -0.15) is 0 Å². The van der Waals surface area contributed by atoms with Crippen LogP contribution in [0.5, 0.6) is 0 Å². The summed E-state index contributed by atoms with van der Waals surface area (Å²) in [6, 6.07) is 0. The van der Waals surface area contributed by atoms with E-state index in [0.717, 1.165) is 5.92 Å². The van der Waals surface area contributed by atoms with Crippen LogP contribution in [0.1, 0.15) is 26.7 Å². The summed E-state index contributed by atoms with van der Waals surface area (Å²) in [5, 5.41) is 0. The van der Waals surface area contributed by atoms with Crippen molar-refractivity contribution in [2.45, 2.75) is 32.8 Å². The minimum Gasteiger partial charge on any atom is -0.495 e. The van der Waals surface area contributed by atoms with E-state index in [-0.39, 0.29) is 0 Å². The second-order valence-corrected chi connectivity index (χ2v) is 3.98. The van der Waals surface area contributed by atoms with Gasteiger partial charge in [0.25, 0.3) is 0 Å². The molecule has 0 aromatic rings. The number of hydrogen-bond donors (Lipinski definition) is 0. The number of ether oxygens (including phenoxy) is 1. The average molecular weight is 164 g/mol. The summed E-state index contributed by atoms with van der Waals surface area (Å²) in [7, 11) is 0. The Morgan fingerprint density at radius 2 is 2.25 bits per heavy atom. The topological polar surface area (TPSA) is 9.23 Å². The lowest BCUT2D eigenvalue weighted by atomic mass is 9.81. The summed E-state index contributed by atoms with van der Waals surface area (Å²) >= 11 is 0. The van der Waals surface area contributed by atoms with Gasteiger partial charge in [0.15, 0.2) is 0 Å². The van der Waals surface area contributed by atoms with Crippen molar-refractivity contribution in [3.05, 3.63) is 24.0 Å². The van der Waals surface area contributed by atoms with Gasteiger partial charge in [0, 0.05) is 5.92 Å². The highest BCUT2D eigenvalue weighted by Crippen LogP contribution is 2.37. The maximum absolute atomic E-state index is 5.77. The molecule has 3 atom stereocenters. The third-order valence-corrected chi connectivity index (χ3v) is 2.88. The quantitative estimate of drug-likeness (QED) is 0.535.